The fourth-order valence-corrected chi connectivity index (χ4v) is 1.83. The van der Waals surface area contributed by atoms with E-state index in [2.05, 4.69) is 4.52 Å². The summed E-state index contributed by atoms with van der Waals surface area (Å²) in [7, 11) is -4.51. The first-order valence-corrected chi connectivity index (χ1v) is 6.01. The van der Waals surface area contributed by atoms with Crippen LogP contribution in [0.25, 0.3) is 10.8 Å². The number of hydrogen-bond acceptors (Lipinski definition) is 2. The lowest BCUT2D eigenvalue weighted by Crippen LogP contribution is -1.89. The highest BCUT2D eigenvalue weighted by molar-refractivity contribution is 7.46. The summed E-state index contributed by atoms with van der Waals surface area (Å²) in [5.41, 5.74) is 0.584. The molecule has 0 fully saturated rings. The minimum absolute atomic E-state index is 0.117. The van der Waals surface area contributed by atoms with E-state index in [9.17, 15) is 4.57 Å². The first kappa shape index (κ1) is 11.1. The Kier molecular flexibility index (Phi) is 2.72. The zero-order chi connectivity index (χ0) is 11.8. The maximum absolute atomic E-state index is 10.7. The van der Waals surface area contributed by atoms with Crippen molar-refractivity contribution in [2.45, 2.75) is 0 Å². The van der Waals surface area contributed by atoms with Crippen molar-refractivity contribution >= 4 is 18.6 Å². The van der Waals surface area contributed by atoms with Gasteiger partial charge in [0, 0.05) is 0 Å². The monoisotopic (exact) mass is 236 g/mol. The number of fused-ring (bicyclic) bond motifs is 1. The molecule has 0 saturated heterocycles. The lowest BCUT2D eigenvalue weighted by molar-refractivity contribution is 0.283. The minimum Gasteiger partial charge on any atom is -0.404 e. The summed E-state index contributed by atoms with van der Waals surface area (Å²) in [5, 5.41) is 1.69. The highest BCUT2D eigenvalue weighted by Crippen LogP contribution is 2.38. The van der Waals surface area contributed by atoms with Crippen molar-refractivity contribution < 1.29 is 18.9 Å². The quantitative estimate of drug-likeness (QED) is 0.785. The lowest BCUT2D eigenvalue weighted by atomic mass is 10.1. The van der Waals surface area contributed by atoms with Crippen molar-refractivity contribution in [2.75, 3.05) is 0 Å². The van der Waals surface area contributed by atoms with Crippen LogP contribution in [0.3, 0.4) is 0 Å². The van der Waals surface area contributed by atoms with Gasteiger partial charge in [-0.15, -0.1) is 0 Å². The number of phosphoric ester groups is 1. The fourth-order valence-electron chi connectivity index (χ4n) is 1.44. The molecule has 0 heterocycles. The summed E-state index contributed by atoms with van der Waals surface area (Å²) in [6, 6.07) is 10.0. The first-order valence-electron chi connectivity index (χ1n) is 4.48. The number of hydrogen-bond donors (Lipinski definition) is 2. The van der Waals surface area contributed by atoms with E-state index in [1.54, 1.807) is 18.2 Å². The predicted molar refractivity (Wildman–Crippen MR) is 60.0 cm³/mol. The van der Waals surface area contributed by atoms with Crippen molar-refractivity contribution in [3.05, 3.63) is 48.9 Å². The average molecular weight is 236 g/mol. The summed E-state index contributed by atoms with van der Waals surface area (Å²) >= 11 is 0. The molecule has 0 aromatic heterocycles. The van der Waals surface area contributed by atoms with Gasteiger partial charge in [0.05, 0.1) is 0 Å². The Morgan fingerprint density at radius 1 is 1.06 bits per heavy atom. The van der Waals surface area contributed by atoms with Crippen molar-refractivity contribution in [1.29, 1.82) is 0 Å². The van der Waals surface area contributed by atoms with Crippen LogP contribution in [-0.2, 0) is 4.57 Å². The van der Waals surface area contributed by atoms with Crippen molar-refractivity contribution in [3.8, 4) is 5.75 Å². The maximum Gasteiger partial charge on any atom is 0.524 e. The minimum atomic E-state index is -4.51. The van der Waals surface area contributed by atoms with E-state index >= 15 is 0 Å². The van der Waals surface area contributed by atoms with Gasteiger partial charge in [0.2, 0.25) is 0 Å². The molecular formula is C11H9O4P. The van der Waals surface area contributed by atoms with Crippen LogP contribution in [-0.4, -0.2) is 9.79 Å². The molecule has 0 atom stereocenters. The summed E-state index contributed by atoms with van der Waals surface area (Å²) in [4.78, 5) is 17.3. The maximum atomic E-state index is 10.7. The Bertz CT molecular complexity index is 573. The molecule has 0 saturated carbocycles. The van der Waals surface area contributed by atoms with Crippen LogP contribution in [0, 0.1) is 6.92 Å². The van der Waals surface area contributed by atoms with E-state index in [0.29, 0.717) is 5.56 Å². The molecule has 82 valence electrons. The van der Waals surface area contributed by atoms with Gasteiger partial charge in [-0.1, -0.05) is 24.3 Å². The second-order valence-corrected chi connectivity index (χ2v) is 4.51. The van der Waals surface area contributed by atoms with Crippen molar-refractivity contribution in [1.82, 2.24) is 0 Å². The smallest absolute Gasteiger partial charge is 0.404 e. The van der Waals surface area contributed by atoms with Gasteiger partial charge in [-0.25, -0.2) is 4.57 Å². The number of phosphoric acid groups is 1. The van der Waals surface area contributed by atoms with Crippen LogP contribution in [0.4, 0.5) is 0 Å². The number of rotatable bonds is 2. The Hall–Kier alpha value is -1.35. The fraction of sp³-hybridized carbons (Fsp3) is 0. The molecule has 4 nitrogen and oxygen atoms in total. The average Bonchev–Trinajstić information content (AvgIpc) is 2.14. The molecule has 2 radical (unpaired) electrons. The van der Waals surface area contributed by atoms with Crippen LogP contribution in [0.15, 0.2) is 36.4 Å². The van der Waals surface area contributed by atoms with Crippen LogP contribution in [0.2, 0.25) is 0 Å². The molecule has 0 amide bonds. The molecule has 0 bridgehead atoms. The highest BCUT2D eigenvalue weighted by atomic mass is 31.2. The Labute approximate surface area is 92.7 Å². The molecular weight excluding hydrogens is 227 g/mol. The lowest BCUT2D eigenvalue weighted by Gasteiger charge is -2.07. The van der Waals surface area contributed by atoms with E-state index in [1.165, 1.54) is 12.1 Å². The van der Waals surface area contributed by atoms with Crippen LogP contribution >= 0.6 is 7.82 Å². The van der Waals surface area contributed by atoms with Gasteiger partial charge in [0.15, 0.2) is 0 Å². The summed E-state index contributed by atoms with van der Waals surface area (Å²) in [5.74, 6) is 0.117. The van der Waals surface area contributed by atoms with E-state index in [0.717, 1.165) is 10.8 Å². The molecule has 0 spiro atoms. The zero-order valence-corrected chi connectivity index (χ0v) is 9.09. The van der Waals surface area contributed by atoms with Crippen LogP contribution in [0.5, 0.6) is 5.75 Å². The standard InChI is InChI=1S/C11H9O4P/c1-8-2-3-9-4-5-11(7-10(9)6-8)15-16(12,13)14/h1-7H,(H2,12,13,14). The van der Waals surface area contributed by atoms with E-state index in [4.69, 9.17) is 16.7 Å². The van der Waals surface area contributed by atoms with Gasteiger partial charge < -0.3 is 4.52 Å². The molecule has 2 N–H and O–H groups in total. The van der Waals surface area contributed by atoms with Gasteiger partial charge in [0.25, 0.3) is 0 Å². The van der Waals surface area contributed by atoms with E-state index < -0.39 is 7.82 Å². The molecule has 2 aromatic carbocycles. The van der Waals surface area contributed by atoms with Gasteiger partial charge in [-0.2, -0.15) is 0 Å². The third-order valence-electron chi connectivity index (χ3n) is 2.06. The van der Waals surface area contributed by atoms with Crippen LogP contribution < -0.4 is 4.52 Å². The van der Waals surface area contributed by atoms with Crippen molar-refractivity contribution in [3.63, 3.8) is 0 Å². The van der Waals surface area contributed by atoms with E-state index in [1.807, 2.05) is 6.07 Å². The SMILES string of the molecule is [CH]c1ccc2ccc(OP(=O)(O)O)cc2c1. The van der Waals surface area contributed by atoms with Crippen molar-refractivity contribution in [2.24, 2.45) is 0 Å². The Morgan fingerprint density at radius 2 is 1.75 bits per heavy atom. The van der Waals surface area contributed by atoms with Gasteiger partial charge in [0.1, 0.15) is 5.75 Å². The second-order valence-electron chi connectivity index (χ2n) is 3.35. The third-order valence-corrected chi connectivity index (χ3v) is 2.51. The first-order chi connectivity index (χ1) is 7.44. The second kappa shape index (κ2) is 3.91. The topological polar surface area (TPSA) is 66.8 Å². The van der Waals surface area contributed by atoms with E-state index in [-0.39, 0.29) is 5.75 Å². The van der Waals surface area contributed by atoms with Gasteiger partial charge in [-0.05, 0) is 35.4 Å². The summed E-state index contributed by atoms with van der Waals surface area (Å²) in [6.45, 7) is 5.61. The molecule has 0 aliphatic rings. The molecule has 2 rings (SSSR count). The molecule has 0 unspecified atom stereocenters. The zero-order valence-electron chi connectivity index (χ0n) is 8.20. The largest absolute Gasteiger partial charge is 0.524 e. The molecule has 5 heteroatoms. The molecule has 2 aromatic rings. The highest BCUT2D eigenvalue weighted by Gasteiger charge is 2.15. The van der Waals surface area contributed by atoms with Crippen LogP contribution in [0.1, 0.15) is 5.56 Å². The summed E-state index contributed by atoms with van der Waals surface area (Å²) < 4.78 is 15.1. The van der Waals surface area contributed by atoms with Gasteiger partial charge in [-0.3, -0.25) is 9.79 Å². The molecule has 0 aliphatic heterocycles. The molecule has 0 aliphatic carbocycles. The van der Waals surface area contributed by atoms with Gasteiger partial charge >= 0.3 is 7.82 Å². The predicted octanol–water partition coefficient (Wildman–Crippen LogP) is 2.37. The normalized spacial score (nSPS) is 11.7. The summed E-state index contributed by atoms with van der Waals surface area (Å²) in [6.07, 6.45) is 0. The third kappa shape index (κ3) is 2.61. The Morgan fingerprint density at radius 3 is 2.44 bits per heavy atom. The number of benzene rings is 2. The molecule has 16 heavy (non-hydrogen) atoms. The Balaban J connectivity index is 2.47.